The van der Waals surface area contributed by atoms with Gasteiger partial charge in [-0.1, -0.05) is 36.4 Å². The zero-order valence-electron chi connectivity index (χ0n) is 18.7. The number of pyridine rings is 1. The highest BCUT2D eigenvalue weighted by Gasteiger charge is 2.28. The van der Waals surface area contributed by atoms with E-state index in [0.717, 1.165) is 11.6 Å². The normalized spacial score (nSPS) is 15.0. The van der Waals surface area contributed by atoms with Crippen LogP contribution in [0.25, 0.3) is 0 Å². The van der Waals surface area contributed by atoms with Crippen molar-refractivity contribution in [3.8, 4) is 11.8 Å². The summed E-state index contributed by atoms with van der Waals surface area (Å²) in [7, 11) is -3.56. The highest BCUT2D eigenvalue weighted by atomic mass is 32.2. The second kappa shape index (κ2) is 11.5. The summed E-state index contributed by atoms with van der Waals surface area (Å²) in [5.74, 6) is 1.30. The van der Waals surface area contributed by atoms with Crippen molar-refractivity contribution < 1.29 is 13.2 Å². The quantitative estimate of drug-likeness (QED) is 0.332. The molecule has 4 rings (SSSR count). The van der Waals surface area contributed by atoms with Gasteiger partial charge in [-0.05, 0) is 35.9 Å². The maximum atomic E-state index is 13.1. The summed E-state index contributed by atoms with van der Waals surface area (Å²) in [6, 6.07) is 22.7. The highest BCUT2D eigenvalue weighted by molar-refractivity contribution is 7.99. The van der Waals surface area contributed by atoms with Gasteiger partial charge in [-0.3, -0.25) is 4.90 Å². The summed E-state index contributed by atoms with van der Waals surface area (Å²) in [4.78, 5) is 6.83. The van der Waals surface area contributed by atoms with Gasteiger partial charge in [0.05, 0.1) is 23.3 Å². The molecule has 0 spiro atoms. The first-order valence-electron chi connectivity index (χ1n) is 11.0. The lowest BCUT2D eigenvalue weighted by atomic mass is 10.2. The largest absolute Gasteiger partial charge is 0.493 e. The molecule has 2 aromatic carbocycles. The fourth-order valence-corrected chi connectivity index (χ4v) is 5.72. The lowest BCUT2D eigenvalue weighted by Crippen LogP contribution is -2.48. The number of rotatable bonds is 9. The van der Waals surface area contributed by atoms with E-state index in [2.05, 4.69) is 28.1 Å². The Morgan fingerprint density at radius 1 is 1.00 bits per heavy atom. The Bertz CT molecular complexity index is 1220. The van der Waals surface area contributed by atoms with Crippen molar-refractivity contribution in [3.05, 3.63) is 84.1 Å². The summed E-state index contributed by atoms with van der Waals surface area (Å²) in [6.07, 6.45) is 1.44. The zero-order chi connectivity index (χ0) is 23.8. The third-order valence-corrected chi connectivity index (χ3v) is 8.28. The van der Waals surface area contributed by atoms with Gasteiger partial charge in [0.2, 0.25) is 10.0 Å². The summed E-state index contributed by atoms with van der Waals surface area (Å²) in [5.41, 5.74) is 1.79. The Labute approximate surface area is 205 Å². The third kappa shape index (κ3) is 6.36. The molecule has 0 unspecified atom stereocenters. The van der Waals surface area contributed by atoms with Gasteiger partial charge in [0.25, 0.3) is 0 Å². The van der Waals surface area contributed by atoms with Gasteiger partial charge in [0.15, 0.2) is 0 Å². The summed E-state index contributed by atoms with van der Waals surface area (Å²) in [6.45, 7) is 3.62. The minimum atomic E-state index is -3.56. The molecule has 0 atom stereocenters. The molecule has 0 amide bonds. The van der Waals surface area contributed by atoms with E-state index in [9.17, 15) is 8.42 Å². The van der Waals surface area contributed by atoms with Crippen LogP contribution in [0.15, 0.2) is 82.8 Å². The molecule has 1 aliphatic rings. The van der Waals surface area contributed by atoms with Gasteiger partial charge in [-0.25, -0.2) is 13.4 Å². The van der Waals surface area contributed by atoms with E-state index in [4.69, 9.17) is 10.00 Å². The SMILES string of the molecule is N#Cc1cccc(OCCSc2ccc(S(=O)(=O)N3CCN(Cc4ccccc4)CC3)cn2)c1. The second-order valence-electron chi connectivity index (χ2n) is 7.83. The average Bonchev–Trinajstić information content (AvgIpc) is 2.88. The molecule has 1 aliphatic heterocycles. The van der Waals surface area contributed by atoms with E-state index < -0.39 is 10.0 Å². The first-order valence-corrected chi connectivity index (χ1v) is 13.5. The second-order valence-corrected chi connectivity index (χ2v) is 10.9. The van der Waals surface area contributed by atoms with E-state index >= 15 is 0 Å². The van der Waals surface area contributed by atoms with Gasteiger partial charge in [-0.2, -0.15) is 9.57 Å². The molecule has 34 heavy (non-hydrogen) atoms. The molecular weight excluding hydrogens is 468 g/mol. The Kier molecular flexibility index (Phi) is 8.19. The topological polar surface area (TPSA) is 86.5 Å². The molecule has 0 saturated carbocycles. The monoisotopic (exact) mass is 494 g/mol. The number of hydrogen-bond donors (Lipinski definition) is 0. The van der Waals surface area contributed by atoms with Crippen molar-refractivity contribution in [2.24, 2.45) is 0 Å². The van der Waals surface area contributed by atoms with Crippen molar-refractivity contribution in [2.75, 3.05) is 38.5 Å². The number of nitriles is 1. The van der Waals surface area contributed by atoms with Gasteiger partial charge in [0, 0.05) is 44.7 Å². The lowest BCUT2D eigenvalue weighted by Gasteiger charge is -2.33. The van der Waals surface area contributed by atoms with Crippen molar-refractivity contribution in [1.82, 2.24) is 14.2 Å². The molecule has 176 valence electrons. The maximum Gasteiger partial charge on any atom is 0.244 e. The Morgan fingerprint density at radius 2 is 1.79 bits per heavy atom. The fraction of sp³-hybridized carbons (Fsp3) is 0.280. The molecule has 1 fully saturated rings. The van der Waals surface area contributed by atoms with Crippen LogP contribution in [0.2, 0.25) is 0 Å². The minimum absolute atomic E-state index is 0.220. The third-order valence-electron chi connectivity index (χ3n) is 5.49. The van der Waals surface area contributed by atoms with E-state index in [-0.39, 0.29) is 4.90 Å². The first kappa shape index (κ1) is 24.2. The fourth-order valence-electron chi connectivity index (χ4n) is 3.68. The van der Waals surface area contributed by atoms with Crippen LogP contribution in [0.1, 0.15) is 11.1 Å². The Morgan fingerprint density at radius 3 is 2.50 bits per heavy atom. The number of nitrogens with zero attached hydrogens (tertiary/aromatic N) is 4. The number of aromatic nitrogens is 1. The molecule has 0 radical (unpaired) electrons. The summed E-state index contributed by atoms with van der Waals surface area (Å²) in [5, 5.41) is 9.68. The Balaban J connectivity index is 1.25. The smallest absolute Gasteiger partial charge is 0.244 e. The summed E-state index contributed by atoms with van der Waals surface area (Å²) < 4.78 is 33.3. The van der Waals surface area contributed by atoms with E-state index in [1.807, 2.05) is 24.3 Å². The highest BCUT2D eigenvalue weighted by Crippen LogP contribution is 2.22. The van der Waals surface area contributed by atoms with Gasteiger partial charge < -0.3 is 4.74 Å². The van der Waals surface area contributed by atoms with Crippen LogP contribution in [0.3, 0.4) is 0 Å². The van der Waals surface area contributed by atoms with Crippen molar-refractivity contribution in [2.45, 2.75) is 16.5 Å². The molecule has 3 aromatic rings. The average molecular weight is 495 g/mol. The lowest BCUT2D eigenvalue weighted by molar-refractivity contribution is 0.181. The number of thioether (sulfide) groups is 1. The zero-order valence-corrected chi connectivity index (χ0v) is 20.3. The van der Waals surface area contributed by atoms with Crippen molar-refractivity contribution in [1.29, 1.82) is 5.26 Å². The molecule has 0 aliphatic carbocycles. The molecular formula is C25H26N4O3S2. The van der Waals surface area contributed by atoms with Crippen LogP contribution in [0.4, 0.5) is 0 Å². The van der Waals surface area contributed by atoms with E-state index in [1.165, 1.54) is 23.5 Å². The van der Waals surface area contributed by atoms with Crippen LogP contribution in [0, 0.1) is 11.3 Å². The van der Waals surface area contributed by atoms with Gasteiger partial charge >= 0.3 is 0 Å². The van der Waals surface area contributed by atoms with Crippen LogP contribution in [-0.4, -0.2) is 61.1 Å². The number of piperazine rings is 1. The minimum Gasteiger partial charge on any atom is -0.493 e. The number of sulfonamides is 1. The molecule has 0 bridgehead atoms. The van der Waals surface area contributed by atoms with Gasteiger partial charge in [0.1, 0.15) is 10.6 Å². The molecule has 1 saturated heterocycles. The predicted octanol–water partition coefficient (Wildman–Crippen LogP) is 3.63. The van der Waals surface area contributed by atoms with Crippen molar-refractivity contribution in [3.63, 3.8) is 0 Å². The van der Waals surface area contributed by atoms with E-state index in [0.29, 0.717) is 49.9 Å². The summed E-state index contributed by atoms with van der Waals surface area (Å²) >= 11 is 1.49. The molecule has 0 N–H and O–H groups in total. The molecule has 7 nitrogen and oxygen atoms in total. The molecule has 9 heteroatoms. The standard InChI is InChI=1S/C25H26N4O3S2/c26-18-22-7-4-8-23(17-22)32-15-16-33-25-10-9-24(19-27-25)34(30,31)29-13-11-28(12-14-29)20-21-5-2-1-3-6-21/h1-10,17,19H,11-16,20H2. The molecule has 1 aromatic heterocycles. The first-order chi connectivity index (χ1) is 16.5. The number of hydrogen-bond acceptors (Lipinski definition) is 7. The Hall–Kier alpha value is -2.90. The number of ether oxygens (including phenoxy) is 1. The van der Waals surface area contributed by atoms with Crippen LogP contribution < -0.4 is 4.74 Å². The maximum absolute atomic E-state index is 13.1. The van der Waals surface area contributed by atoms with Crippen LogP contribution in [0.5, 0.6) is 5.75 Å². The van der Waals surface area contributed by atoms with E-state index in [1.54, 1.807) is 34.6 Å². The van der Waals surface area contributed by atoms with Crippen molar-refractivity contribution >= 4 is 21.8 Å². The van der Waals surface area contributed by atoms with Gasteiger partial charge in [-0.15, -0.1) is 11.8 Å². The van der Waals surface area contributed by atoms with Crippen LogP contribution in [-0.2, 0) is 16.6 Å². The number of benzene rings is 2. The molecule has 2 heterocycles. The predicted molar refractivity (Wildman–Crippen MR) is 132 cm³/mol. The van der Waals surface area contributed by atoms with Crippen LogP contribution >= 0.6 is 11.8 Å².